The van der Waals surface area contributed by atoms with Gasteiger partial charge in [0.2, 0.25) is 0 Å². The fraction of sp³-hybridized carbons (Fsp3) is 0.550. The number of aliphatic hydroxyl groups excluding tert-OH is 2. The molecule has 1 aliphatic carbocycles. The molecule has 1 aromatic carbocycles. The molecule has 7 nitrogen and oxygen atoms in total. The van der Waals surface area contributed by atoms with Crippen molar-refractivity contribution in [2.45, 2.75) is 31.5 Å². The lowest BCUT2D eigenvalue weighted by Gasteiger charge is -2.56. The van der Waals surface area contributed by atoms with Gasteiger partial charge in [0.25, 0.3) is 5.91 Å². The van der Waals surface area contributed by atoms with Gasteiger partial charge in [0.15, 0.2) is 0 Å². The number of rotatable bonds is 5. The van der Waals surface area contributed by atoms with Crippen molar-refractivity contribution < 1.29 is 24.5 Å². The van der Waals surface area contributed by atoms with Gasteiger partial charge in [-0.1, -0.05) is 0 Å². The van der Waals surface area contributed by atoms with Gasteiger partial charge in [-0.3, -0.25) is 4.79 Å². The van der Waals surface area contributed by atoms with Crippen LogP contribution in [0.2, 0.25) is 0 Å². The zero-order valence-corrected chi connectivity index (χ0v) is 15.5. The molecule has 1 aromatic heterocycles. The van der Waals surface area contributed by atoms with Crippen LogP contribution < -0.4 is 4.74 Å². The quantitative estimate of drug-likeness (QED) is 0.738. The number of benzene rings is 1. The van der Waals surface area contributed by atoms with Crippen molar-refractivity contribution in [3.05, 3.63) is 30.0 Å². The first-order chi connectivity index (χ1) is 13.1. The van der Waals surface area contributed by atoms with E-state index in [-0.39, 0.29) is 30.1 Å². The average molecular weight is 374 g/mol. The third-order valence-corrected chi connectivity index (χ3v) is 6.19. The first kappa shape index (κ1) is 18.3. The molecule has 4 rings (SSSR count). The van der Waals surface area contributed by atoms with Gasteiger partial charge in [-0.2, -0.15) is 0 Å². The molecule has 146 valence electrons. The Balaban J connectivity index is 1.44. The molecule has 27 heavy (non-hydrogen) atoms. The van der Waals surface area contributed by atoms with E-state index in [1.807, 2.05) is 29.2 Å². The van der Waals surface area contributed by atoms with Crippen molar-refractivity contribution in [2.24, 2.45) is 5.41 Å². The number of aromatic nitrogens is 1. The Labute approximate surface area is 157 Å². The van der Waals surface area contributed by atoms with Crippen molar-refractivity contribution in [1.82, 2.24) is 9.88 Å². The topological polar surface area (TPSA) is 95.0 Å². The number of H-pyrrole nitrogens is 1. The number of nitrogens with zero attached hydrogens (tertiary/aromatic N) is 1. The molecule has 0 bridgehead atoms. The maximum Gasteiger partial charge on any atom is 0.270 e. The van der Waals surface area contributed by atoms with Crippen molar-refractivity contribution in [3.8, 4) is 5.75 Å². The van der Waals surface area contributed by atoms with Crippen LogP contribution in [-0.4, -0.2) is 71.6 Å². The Hall–Kier alpha value is -2.09. The molecular formula is C20H26N2O5. The van der Waals surface area contributed by atoms with E-state index in [0.29, 0.717) is 44.7 Å². The van der Waals surface area contributed by atoms with Crippen LogP contribution in [0.5, 0.6) is 5.75 Å². The van der Waals surface area contributed by atoms with Crippen molar-refractivity contribution in [3.63, 3.8) is 0 Å². The Morgan fingerprint density at radius 3 is 2.78 bits per heavy atom. The molecule has 1 spiro atoms. The molecule has 1 amide bonds. The van der Waals surface area contributed by atoms with Gasteiger partial charge < -0.3 is 29.6 Å². The summed E-state index contributed by atoms with van der Waals surface area (Å²) in [6, 6.07) is 7.53. The number of hydrogen-bond acceptors (Lipinski definition) is 5. The van der Waals surface area contributed by atoms with Crippen molar-refractivity contribution in [1.29, 1.82) is 0 Å². The number of aromatic amines is 1. The summed E-state index contributed by atoms with van der Waals surface area (Å²) >= 11 is 0. The van der Waals surface area contributed by atoms with Gasteiger partial charge in [0.1, 0.15) is 11.4 Å². The summed E-state index contributed by atoms with van der Waals surface area (Å²) in [7, 11) is 1.62. The average Bonchev–Trinajstić information content (AvgIpc) is 3.13. The van der Waals surface area contributed by atoms with Crippen LogP contribution in [0.3, 0.4) is 0 Å². The molecule has 1 saturated carbocycles. The SMILES string of the molecule is COc1ccc2[nH]c(C(=O)N3CCC4(CC3)C(O)CC4OCCO)cc2c1. The zero-order valence-electron chi connectivity index (χ0n) is 15.5. The zero-order chi connectivity index (χ0) is 19.0. The first-order valence-corrected chi connectivity index (χ1v) is 9.44. The van der Waals surface area contributed by atoms with Crippen LogP contribution in [0.15, 0.2) is 24.3 Å². The number of nitrogens with one attached hydrogen (secondary N) is 1. The second kappa shape index (κ2) is 7.14. The molecule has 2 fully saturated rings. The fourth-order valence-corrected chi connectivity index (χ4v) is 4.46. The van der Waals surface area contributed by atoms with Gasteiger partial charge in [-0.15, -0.1) is 0 Å². The summed E-state index contributed by atoms with van der Waals surface area (Å²) in [4.78, 5) is 17.9. The summed E-state index contributed by atoms with van der Waals surface area (Å²) in [5.41, 5.74) is 1.19. The lowest BCUT2D eigenvalue weighted by molar-refractivity contribution is -0.211. The van der Waals surface area contributed by atoms with Gasteiger partial charge in [0.05, 0.1) is 32.5 Å². The third kappa shape index (κ3) is 3.09. The monoisotopic (exact) mass is 374 g/mol. The van der Waals surface area contributed by atoms with Gasteiger partial charge in [-0.05, 0) is 37.1 Å². The number of hydrogen-bond donors (Lipinski definition) is 3. The van der Waals surface area contributed by atoms with Crippen LogP contribution in [0.25, 0.3) is 10.9 Å². The minimum atomic E-state index is -0.390. The highest BCUT2D eigenvalue weighted by molar-refractivity contribution is 5.98. The molecule has 7 heteroatoms. The van der Waals surface area contributed by atoms with E-state index < -0.39 is 0 Å². The Bertz CT molecular complexity index is 825. The second-order valence-electron chi connectivity index (χ2n) is 7.50. The highest BCUT2D eigenvalue weighted by Crippen LogP contribution is 2.51. The van der Waals surface area contributed by atoms with Crippen LogP contribution >= 0.6 is 0 Å². The molecule has 2 atom stereocenters. The van der Waals surface area contributed by atoms with Crippen LogP contribution in [-0.2, 0) is 4.74 Å². The number of aliphatic hydroxyl groups is 2. The second-order valence-corrected chi connectivity index (χ2v) is 7.50. The summed E-state index contributed by atoms with van der Waals surface area (Å²) < 4.78 is 10.9. The van der Waals surface area contributed by atoms with E-state index >= 15 is 0 Å². The maximum atomic E-state index is 12.9. The summed E-state index contributed by atoms with van der Waals surface area (Å²) in [5, 5.41) is 20.2. The highest BCUT2D eigenvalue weighted by atomic mass is 16.5. The molecular weight excluding hydrogens is 348 g/mol. The first-order valence-electron chi connectivity index (χ1n) is 9.44. The number of carbonyl (C=O) groups is 1. The molecule has 3 N–H and O–H groups in total. The molecule has 2 aliphatic rings. The number of piperidine rings is 1. The number of likely N-dealkylation sites (tertiary alicyclic amines) is 1. The number of carbonyl (C=O) groups excluding carboxylic acids is 1. The lowest BCUT2D eigenvalue weighted by atomic mass is 9.58. The number of amides is 1. The van der Waals surface area contributed by atoms with Gasteiger partial charge in [-0.25, -0.2) is 0 Å². The fourth-order valence-electron chi connectivity index (χ4n) is 4.46. The molecule has 1 saturated heterocycles. The van der Waals surface area contributed by atoms with Crippen LogP contribution in [0, 0.1) is 5.41 Å². The van der Waals surface area contributed by atoms with Crippen molar-refractivity contribution in [2.75, 3.05) is 33.4 Å². The van der Waals surface area contributed by atoms with Crippen LogP contribution in [0.4, 0.5) is 0 Å². The lowest BCUT2D eigenvalue weighted by Crippen LogP contribution is -2.62. The smallest absolute Gasteiger partial charge is 0.270 e. The maximum absolute atomic E-state index is 12.9. The molecule has 0 radical (unpaired) electrons. The number of fused-ring (bicyclic) bond motifs is 1. The van der Waals surface area contributed by atoms with Gasteiger partial charge >= 0.3 is 0 Å². The van der Waals surface area contributed by atoms with E-state index in [0.717, 1.165) is 16.7 Å². The predicted molar refractivity (Wildman–Crippen MR) is 99.9 cm³/mol. The minimum Gasteiger partial charge on any atom is -0.497 e. The van der Waals surface area contributed by atoms with E-state index in [1.54, 1.807) is 7.11 Å². The Kier molecular flexibility index (Phi) is 4.84. The van der Waals surface area contributed by atoms with Crippen molar-refractivity contribution >= 4 is 16.8 Å². The number of methoxy groups -OCH3 is 1. The summed E-state index contributed by atoms with van der Waals surface area (Å²) in [5.74, 6) is 0.731. The molecule has 2 unspecified atom stereocenters. The largest absolute Gasteiger partial charge is 0.497 e. The van der Waals surface area contributed by atoms with Gasteiger partial charge in [0, 0.05) is 35.8 Å². The Morgan fingerprint density at radius 2 is 2.11 bits per heavy atom. The third-order valence-electron chi connectivity index (χ3n) is 6.19. The van der Waals surface area contributed by atoms with E-state index in [1.165, 1.54) is 0 Å². The summed E-state index contributed by atoms with van der Waals surface area (Å²) in [6.45, 7) is 1.46. The highest BCUT2D eigenvalue weighted by Gasteiger charge is 2.56. The van der Waals surface area contributed by atoms with E-state index in [4.69, 9.17) is 14.6 Å². The number of ether oxygens (including phenoxy) is 2. The van der Waals surface area contributed by atoms with E-state index in [2.05, 4.69) is 4.98 Å². The van der Waals surface area contributed by atoms with Crippen LogP contribution in [0.1, 0.15) is 29.8 Å². The molecule has 2 aromatic rings. The molecule has 1 aliphatic heterocycles. The van der Waals surface area contributed by atoms with E-state index in [9.17, 15) is 9.90 Å². The normalized spacial score (nSPS) is 24.2. The summed E-state index contributed by atoms with van der Waals surface area (Å²) in [6.07, 6.45) is 1.61. The molecule has 2 heterocycles. The minimum absolute atomic E-state index is 0.0154. The standard InChI is InChI=1S/C20H26N2O5/c1-26-14-2-3-15-13(10-14)11-16(21-15)19(25)22-6-4-20(5-7-22)17(24)12-18(20)27-9-8-23/h2-3,10-11,17-18,21,23-24H,4-9,12H2,1H3. The Morgan fingerprint density at radius 1 is 1.33 bits per heavy atom. The predicted octanol–water partition coefficient (Wildman–Crippen LogP) is 1.54.